The number of aliphatic carboxylic acids is 1. The number of benzene rings is 2. The lowest BCUT2D eigenvalue weighted by atomic mass is 9.99. The minimum atomic E-state index is -1.04. The fraction of sp³-hybridized carbons (Fsp3) is 0.375. The van der Waals surface area contributed by atoms with Crippen LogP contribution in [-0.2, 0) is 20.9 Å². The molecule has 7 nitrogen and oxygen atoms in total. The molecule has 7 heteroatoms. The molecule has 0 amide bonds. The van der Waals surface area contributed by atoms with Gasteiger partial charge in [0.25, 0.3) is 0 Å². The Bertz CT molecular complexity index is 904. The van der Waals surface area contributed by atoms with Gasteiger partial charge in [-0.2, -0.15) is 0 Å². The third-order valence-electron chi connectivity index (χ3n) is 5.14. The smallest absolute Gasteiger partial charge is 0.339 e. The summed E-state index contributed by atoms with van der Waals surface area (Å²) in [7, 11) is 1.46. The number of hydrogen-bond acceptors (Lipinski definition) is 6. The second kappa shape index (κ2) is 11.4. The molecule has 3 rings (SSSR count). The summed E-state index contributed by atoms with van der Waals surface area (Å²) in [5.41, 5.74) is 1.46. The largest absolute Gasteiger partial charge is 0.500 e. The quantitative estimate of drug-likeness (QED) is 0.460. The molecule has 1 saturated heterocycles. The highest BCUT2D eigenvalue weighted by Crippen LogP contribution is 2.26. The van der Waals surface area contributed by atoms with Crippen LogP contribution in [0.5, 0.6) is 11.5 Å². The second-order valence-corrected chi connectivity index (χ2v) is 7.16. The van der Waals surface area contributed by atoms with Crippen molar-refractivity contribution in [1.82, 2.24) is 4.90 Å². The third-order valence-corrected chi connectivity index (χ3v) is 5.14. The van der Waals surface area contributed by atoms with Crippen LogP contribution in [0.3, 0.4) is 0 Å². The first-order valence-electron chi connectivity index (χ1n) is 10.3. The SMILES string of the molecule is COC(C)=C(C(=O)O)c1ccccc1COc1cccc(OCCN2CCOCC2)c1. The van der Waals surface area contributed by atoms with Crippen LogP contribution in [0.4, 0.5) is 0 Å². The Balaban J connectivity index is 1.63. The molecule has 1 aliphatic rings. The van der Waals surface area contributed by atoms with Gasteiger partial charge in [0.1, 0.15) is 36.0 Å². The Morgan fingerprint density at radius 1 is 1.06 bits per heavy atom. The summed E-state index contributed by atoms with van der Waals surface area (Å²) in [6, 6.07) is 14.7. The molecule has 0 radical (unpaired) electrons. The number of carbonyl (C=O) groups is 1. The molecule has 0 aliphatic carbocycles. The van der Waals surface area contributed by atoms with E-state index in [2.05, 4.69) is 4.90 Å². The predicted octanol–water partition coefficient (Wildman–Crippen LogP) is 3.44. The van der Waals surface area contributed by atoms with Crippen LogP contribution >= 0.6 is 0 Å². The van der Waals surface area contributed by atoms with Gasteiger partial charge in [-0.05, 0) is 30.2 Å². The Morgan fingerprint density at radius 2 is 1.77 bits per heavy atom. The van der Waals surface area contributed by atoms with Gasteiger partial charge in [0.15, 0.2) is 0 Å². The van der Waals surface area contributed by atoms with E-state index in [1.165, 1.54) is 7.11 Å². The first-order chi connectivity index (χ1) is 15.1. The van der Waals surface area contributed by atoms with Crippen molar-refractivity contribution in [1.29, 1.82) is 0 Å². The molecular formula is C24H29NO6. The van der Waals surface area contributed by atoms with Crippen molar-refractivity contribution in [2.45, 2.75) is 13.5 Å². The fourth-order valence-corrected chi connectivity index (χ4v) is 3.38. The average Bonchev–Trinajstić information content (AvgIpc) is 2.79. The Kier molecular flexibility index (Phi) is 8.32. The number of nitrogens with zero attached hydrogens (tertiary/aromatic N) is 1. The molecule has 2 aromatic rings. The molecule has 0 spiro atoms. The standard InChI is InChI=1S/C24H29NO6/c1-18(28-2)23(24(26)27)22-9-4-3-6-19(22)17-31-21-8-5-7-20(16-21)30-15-12-25-10-13-29-14-11-25/h3-9,16H,10-15,17H2,1-2H3,(H,26,27). The Labute approximate surface area is 182 Å². The van der Waals surface area contributed by atoms with Gasteiger partial charge in [-0.1, -0.05) is 30.3 Å². The van der Waals surface area contributed by atoms with Crippen LogP contribution in [-0.4, -0.2) is 62.5 Å². The lowest BCUT2D eigenvalue weighted by molar-refractivity contribution is -0.130. The maximum absolute atomic E-state index is 11.8. The van der Waals surface area contributed by atoms with Crippen LogP contribution < -0.4 is 9.47 Å². The highest BCUT2D eigenvalue weighted by molar-refractivity contribution is 6.16. The minimum Gasteiger partial charge on any atom is -0.500 e. The normalized spacial score (nSPS) is 15.2. The summed E-state index contributed by atoms with van der Waals surface area (Å²) in [4.78, 5) is 14.1. The van der Waals surface area contributed by atoms with Gasteiger partial charge in [0.05, 0.1) is 20.3 Å². The summed E-state index contributed by atoms with van der Waals surface area (Å²) in [5, 5.41) is 9.65. The van der Waals surface area contributed by atoms with Gasteiger partial charge in [0.2, 0.25) is 0 Å². The molecule has 1 heterocycles. The highest BCUT2D eigenvalue weighted by atomic mass is 16.5. The van der Waals surface area contributed by atoms with Crippen LogP contribution in [0.1, 0.15) is 18.1 Å². The van der Waals surface area contributed by atoms with Crippen molar-refractivity contribution >= 4 is 11.5 Å². The van der Waals surface area contributed by atoms with Crippen molar-refractivity contribution in [2.24, 2.45) is 0 Å². The monoisotopic (exact) mass is 427 g/mol. The van der Waals surface area contributed by atoms with Gasteiger partial charge in [-0.3, -0.25) is 4.90 Å². The number of carboxylic acids is 1. The van der Waals surface area contributed by atoms with Gasteiger partial charge in [-0.15, -0.1) is 0 Å². The van der Waals surface area contributed by atoms with Gasteiger partial charge < -0.3 is 24.1 Å². The van der Waals surface area contributed by atoms with Gasteiger partial charge >= 0.3 is 5.97 Å². The first-order valence-corrected chi connectivity index (χ1v) is 10.3. The number of ether oxygens (including phenoxy) is 4. The number of allylic oxidation sites excluding steroid dienone is 1. The number of hydrogen-bond donors (Lipinski definition) is 1. The zero-order valence-corrected chi connectivity index (χ0v) is 18.0. The van der Waals surface area contributed by atoms with Crippen molar-refractivity contribution in [3.05, 3.63) is 65.4 Å². The van der Waals surface area contributed by atoms with Gasteiger partial charge in [-0.25, -0.2) is 4.79 Å². The van der Waals surface area contributed by atoms with Crippen molar-refractivity contribution < 1.29 is 28.8 Å². The molecule has 1 N–H and O–H groups in total. The highest BCUT2D eigenvalue weighted by Gasteiger charge is 2.18. The number of methoxy groups -OCH3 is 1. The topological polar surface area (TPSA) is 77.5 Å². The van der Waals surface area contributed by atoms with Gasteiger partial charge in [0, 0.05) is 25.7 Å². The molecule has 0 unspecified atom stereocenters. The molecule has 1 aliphatic heterocycles. The van der Waals surface area contributed by atoms with E-state index in [9.17, 15) is 9.90 Å². The summed E-state index contributed by atoms with van der Waals surface area (Å²) >= 11 is 0. The maximum atomic E-state index is 11.8. The van der Waals surface area contributed by atoms with Crippen LogP contribution in [0.15, 0.2) is 54.3 Å². The third kappa shape index (κ3) is 6.47. The van der Waals surface area contributed by atoms with E-state index in [1.54, 1.807) is 19.1 Å². The minimum absolute atomic E-state index is 0.127. The van der Waals surface area contributed by atoms with E-state index in [0.717, 1.165) is 44.2 Å². The maximum Gasteiger partial charge on any atom is 0.339 e. The number of morpholine rings is 1. The van der Waals surface area contributed by atoms with E-state index in [-0.39, 0.29) is 12.2 Å². The fourth-order valence-electron chi connectivity index (χ4n) is 3.38. The van der Waals surface area contributed by atoms with Crippen LogP contribution in [0, 0.1) is 0 Å². The first kappa shape index (κ1) is 22.7. The number of carboxylic acid groups (broad SMARTS) is 1. The summed E-state index contributed by atoms with van der Waals surface area (Å²) in [6.45, 7) is 6.71. The lowest BCUT2D eigenvalue weighted by Gasteiger charge is -2.26. The van der Waals surface area contributed by atoms with Crippen molar-refractivity contribution in [2.75, 3.05) is 46.6 Å². The lowest BCUT2D eigenvalue weighted by Crippen LogP contribution is -2.38. The Hall–Kier alpha value is -3.03. The molecule has 0 atom stereocenters. The summed E-state index contributed by atoms with van der Waals surface area (Å²) in [6.07, 6.45) is 0. The molecule has 0 saturated carbocycles. The second-order valence-electron chi connectivity index (χ2n) is 7.16. The molecule has 0 aromatic heterocycles. The van der Waals surface area contributed by atoms with E-state index in [1.807, 2.05) is 36.4 Å². The number of rotatable bonds is 10. The molecule has 1 fully saturated rings. The van der Waals surface area contributed by atoms with E-state index < -0.39 is 5.97 Å². The Morgan fingerprint density at radius 3 is 2.48 bits per heavy atom. The summed E-state index contributed by atoms with van der Waals surface area (Å²) < 4.78 is 22.4. The molecule has 31 heavy (non-hydrogen) atoms. The molecule has 0 bridgehead atoms. The van der Waals surface area contributed by atoms with Crippen LogP contribution in [0.2, 0.25) is 0 Å². The zero-order valence-electron chi connectivity index (χ0n) is 18.0. The van der Waals surface area contributed by atoms with Crippen molar-refractivity contribution in [3.63, 3.8) is 0 Å². The molecule has 2 aromatic carbocycles. The predicted molar refractivity (Wildman–Crippen MR) is 117 cm³/mol. The summed E-state index contributed by atoms with van der Waals surface area (Å²) in [5.74, 6) is 0.696. The van der Waals surface area contributed by atoms with E-state index in [4.69, 9.17) is 18.9 Å². The van der Waals surface area contributed by atoms with Crippen LogP contribution in [0.25, 0.3) is 5.57 Å². The van der Waals surface area contributed by atoms with E-state index in [0.29, 0.717) is 23.7 Å². The van der Waals surface area contributed by atoms with Crippen molar-refractivity contribution in [3.8, 4) is 11.5 Å². The molecule has 166 valence electrons. The van der Waals surface area contributed by atoms with E-state index >= 15 is 0 Å². The zero-order chi connectivity index (χ0) is 22.1. The average molecular weight is 427 g/mol. The molecular weight excluding hydrogens is 398 g/mol.